The predicted molar refractivity (Wildman–Crippen MR) is 121 cm³/mol. The Morgan fingerprint density at radius 3 is 2.47 bits per heavy atom. The van der Waals surface area contributed by atoms with Gasteiger partial charge in [0.1, 0.15) is 5.75 Å². The Balaban J connectivity index is 2.08. The minimum Gasteiger partial charge on any atom is -0.495 e. The lowest BCUT2D eigenvalue weighted by molar-refractivity contribution is 0.102. The number of amides is 1. The summed E-state index contributed by atoms with van der Waals surface area (Å²) in [5.74, 6) is 0.195. The summed E-state index contributed by atoms with van der Waals surface area (Å²) in [7, 11) is 1.57. The van der Waals surface area contributed by atoms with Gasteiger partial charge in [-0.1, -0.05) is 58.4 Å². The molecule has 0 fully saturated rings. The zero-order chi connectivity index (χ0) is 21.9. The zero-order valence-electron chi connectivity index (χ0n) is 18.3. The van der Waals surface area contributed by atoms with Gasteiger partial charge in [-0.15, -0.1) is 0 Å². The number of carbonyl (C=O) groups excluding carboxylic acids is 1. The molecule has 0 aliphatic heterocycles. The van der Waals surface area contributed by atoms with Gasteiger partial charge in [0, 0.05) is 11.9 Å². The third-order valence-electron chi connectivity index (χ3n) is 5.12. The van der Waals surface area contributed by atoms with E-state index in [2.05, 4.69) is 31.2 Å². The largest absolute Gasteiger partial charge is 0.495 e. The van der Waals surface area contributed by atoms with E-state index in [4.69, 9.17) is 4.74 Å². The molecule has 0 saturated heterocycles. The quantitative estimate of drug-likeness (QED) is 0.640. The van der Waals surface area contributed by atoms with Crippen LogP contribution in [0.15, 0.2) is 47.3 Å². The van der Waals surface area contributed by atoms with Gasteiger partial charge in [0.2, 0.25) is 0 Å². The lowest BCUT2D eigenvalue weighted by atomic mass is 9.87. The van der Waals surface area contributed by atoms with Crippen molar-refractivity contribution < 1.29 is 9.53 Å². The second-order valence-electron chi connectivity index (χ2n) is 8.40. The maximum atomic E-state index is 13.2. The molecule has 30 heavy (non-hydrogen) atoms. The van der Waals surface area contributed by atoms with E-state index in [9.17, 15) is 9.59 Å². The Bertz CT molecular complexity index is 1130. The van der Waals surface area contributed by atoms with E-state index >= 15 is 0 Å². The molecule has 0 aliphatic carbocycles. The molecule has 3 rings (SSSR count). The van der Waals surface area contributed by atoms with Gasteiger partial charge in [0.25, 0.3) is 11.5 Å². The Kier molecular flexibility index (Phi) is 6.25. The SMILES string of the molecule is CCCCn1nc(C(=O)Nc2cc(C(C)(C)C)ccc2OC)c2ccccc2c1=O. The van der Waals surface area contributed by atoms with Gasteiger partial charge in [-0.2, -0.15) is 5.10 Å². The van der Waals surface area contributed by atoms with Crippen molar-refractivity contribution in [3.8, 4) is 5.75 Å². The number of hydrogen-bond donors (Lipinski definition) is 1. The average Bonchev–Trinajstić information content (AvgIpc) is 2.72. The number of fused-ring (bicyclic) bond motifs is 1. The Labute approximate surface area is 176 Å². The Morgan fingerprint density at radius 1 is 1.13 bits per heavy atom. The average molecular weight is 408 g/mol. The van der Waals surface area contributed by atoms with Gasteiger partial charge in [-0.05, 0) is 35.6 Å². The van der Waals surface area contributed by atoms with Gasteiger partial charge in [0.05, 0.1) is 18.2 Å². The first-order chi connectivity index (χ1) is 14.3. The lowest BCUT2D eigenvalue weighted by Gasteiger charge is -2.21. The van der Waals surface area contributed by atoms with Crippen molar-refractivity contribution in [2.24, 2.45) is 0 Å². The number of nitrogens with zero attached hydrogens (tertiary/aromatic N) is 2. The molecule has 3 aromatic rings. The Hall–Kier alpha value is -3.15. The number of rotatable bonds is 6. The molecule has 1 N–H and O–H groups in total. The van der Waals surface area contributed by atoms with Crippen molar-refractivity contribution in [3.63, 3.8) is 0 Å². The van der Waals surface area contributed by atoms with Crippen molar-refractivity contribution in [2.75, 3.05) is 12.4 Å². The number of carbonyl (C=O) groups is 1. The zero-order valence-corrected chi connectivity index (χ0v) is 18.3. The van der Waals surface area contributed by atoms with Crippen LogP contribution in [0, 0.1) is 0 Å². The highest BCUT2D eigenvalue weighted by molar-refractivity contribution is 6.11. The third-order valence-corrected chi connectivity index (χ3v) is 5.12. The number of methoxy groups -OCH3 is 1. The first-order valence-electron chi connectivity index (χ1n) is 10.3. The summed E-state index contributed by atoms with van der Waals surface area (Å²) in [6.45, 7) is 8.86. The first-order valence-corrected chi connectivity index (χ1v) is 10.3. The van der Waals surface area contributed by atoms with Crippen LogP contribution in [0.5, 0.6) is 5.75 Å². The van der Waals surface area contributed by atoms with Crippen LogP contribution in [0.1, 0.15) is 56.6 Å². The molecule has 2 aromatic carbocycles. The molecule has 0 bridgehead atoms. The van der Waals surface area contributed by atoms with Crippen LogP contribution in [0.25, 0.3) is 10.8 Å². The number of hydrogen-bond acceptors (Lipinski definition) is 4. The second kappa shape index (κ2) is 8.69. The van der Waals surface area contributed by atoms with Crippen molar-refractivity contribution in [1.29, 1.82) is 0 Å². The summed E-state index contributed by atoms with van der Waals surface area (Å²) in [6.07, 6.45) is 1.74. The van der Waals surface area contributed by atoms with Crippen LogP contribution in [0.3, 0.4) is 0 Å². The molecule has 1 amide bonds. The molecule has 0 unspecified atom stereocenters. The van der Waals surface area contributed by atoms with Crippen LogP contribution in [-0.4, -0.2) is 22.8 Å². The van der Waals surface area contributed by atoms with E-state index in [1.807, 2.05) is 25.1 Å². The van der Waals surface area contributed by atoms with Crippen molar-refractivity contribution in [3.05, 3.63) is 64.1 Å². The number of anilines is 1. The number of aromatic nitrogens is 2. The standard InChI is InChI=1S/C24H29N3O3/c1-6-7-14-27-23(29)18-11-9-8-10-17(18)21(26-27)22(28)25-19-15-16(24(2,3)4)12-13-20(19)30-5/h8-13,15H,6-7,14H2,1-5H3,(H,25,28). The number of nitrogens with one attached hydrogen (secondary N) is 1. The Morgan fingerprint density at radius 2 is 1.83 bits per heavy atom. The monoisotopic (exact) mass is 407 g/mol. The van der Waals surface area contributed by atoms with Crippen LogP contribution in [0.2, 0.25) is 0 Å². The maximum Gasteiger partial charge on any atom is 0.276 e. The van der Waals surface area contributed by atoms with E-state index in [1.165, 1.54) is 4.68 Å². The third kappa shape index (κ3) is 4.37. The van der Waals surface area contributed by atoms with Crippen molar-refractivity contribution >= 4 is 22.4 Å². The highest BCUT2D eigenvalue weighted by Gasteiger charge is 2.20. The molecular weight excluding hydrogens is 378 g/mol. The van der Waals surface area contributed by atoms with Crippen molar-refractivity contribution in [1.82, 2.24) is 9.78 Å². The number of aryl methyl sites for hydroxylation is 1. The van der Waals surface area contributed by atoms with E-state index in [0.29, 0.717) is 28.8 Å². The van der Waals surface area contributed by atoms with Gasteiger partial charge in [-0.3, -0.25) is 9.59 Å². The topological polar surface area (TPSA) is 73.2 Å². The number of unbranched alkanes of at least 4 members (excludes halogenated alkanes) is 1. The summed E-state index contributed by atoms with van der Waals surface area (Å²) in [5, 5.41) is 8.39. The van der Waals surface area contributed by atoms with Gasteiger partial charge in [0.15, 0.2) is 5.69 Å². The molecule has 0 radical (unpaired) electrons. The summed E-state index contributed by atoms with van der Waals surface area (Å²) in [4.78, 5) is 26.0. The summed E-state index contributed by atoms with van der Waals surface area (Å²) in [5.41, 5.74) is 1.62. The molecule has 158 valence electrons. The van der Waals surface area contributed by atoms with Gasteiger partial charge >= 0.3 is 0 Å². The van der Waals surface area contributed by atoms with Crippen LogP contribution in [0.4, 0.5) is 5.69 Å². The van der Waals surface area contributed by atoms with E-state index in [0.717, 1.165) is 18.4 Å². The predicted octanol–water partition coefficient (Wildman–Crippen LogP) is 4.76. The number of benzene rings is 2. The smallest absolute Gasteiger partial charge is 0.276 e. The fourth-order valence-corrected chi connectivity index (χ4v) is 3.32. The normalized spacial score (nSPS) is 11.5. The van der Waals surface area contributed by atoms with Gasteiger partial charge < -0.3 is 10.1 Å². The highest BCUT2D eigenvalue weighted by atomic mass is 16.5. The molecular formula is C24H29N3O3. The molecule has 1 aromatic heterocycles. The summed E-state index contributed by atoms with van der Waals surface area (Å²) < 4.78 is 6.84. The summed E-state index contributed by atoms with van der Waals surface area (Å²) in [6, 6.07) is 12.9. The fourth-order valence-electron chi connectivity index (χ4n) is 3.32. The van der Waals surface area contributed by atoms with E-state index in [-0.39, 0.29) is 22.6 Å². The second-order valence-corrected chi connectivity index (χ2v) is 8.40. The molecule has 1 heterocycles. The molecule has 6 heteroatoms. The fraction of sp³-hybridized carbons (Fsp3) is 0.375. The van der Waals surface area contributed by atoms with Crippen LogP contribution >= 0.6 is 0 Å². The van der Waals surface area contributed by atoms with E-state index < -0.39 is 0 Å². The minimum absolute atomic E-state index is 0.0793. The molecule has 0 atom stereocenters. The number of ether oxygens (including phenoxy) is 1. The first kappa shape index (κ1) is 21.6. The molecule has 0 spiro atoms. The summed E-state index contributed by atoms with van der Waals surface area (Å²) >= 11 is 0. The van der Waals surface area contributed by atoms with Crippen LogP contribution < -0.4 is 15.6 Å². The lowest BCUT2D eigenvalue weighted by Crippen LogP contribution is -2.28. The van der Waals surface area contributed by atoms with E-state index in [1.54, 1.807) is 31.4 Å². The van der Waals surface area contributed by atoms with Crippen LogP contribution in [-0.2, 0) is 12.0 Å². The van der Waals surface area contributed by atoms with Gasteiger partial charge in [-0.25, -0.2) is 4.68 Å². The molecule has 0 aliphatic rings. The highest BCUT2D eigenvalue weighted by Crippen LogP contribution is 2.32. The molecule has 0 saturated carbocycles. The minimum atomic E-state index is -0.374. The molecule has 6 nitrogen and oxygen atoms in total. The van der Waals surface area contributed by atoms with Crippen molar-refractivity contribution in [2.45, 2.75) is 52.5 Å². The maximum absolute atomic E-state index is 13.2.